The van der Waals surface area contributed by atoms with Gasteiger partial charge >= 0.3 is 0 Å². The molecule has 0 radical (unpaired) electrons. The SMILES string of the molecule is CC[C@@H](C)[C@@H](N)C(=O)N1CCCC(n2nc(-c3ccc(Oc4ccccc4)cc3)c3c(N)ncnc32)C1. The largest absolute Gasteiger partial charge is 0.457 e. The quantitative estimate of drug-likeness (QED) is 0.386. The van der Waals surface area contributed by atoms with Crippen molar-refractivity contribution in [1.29, 1.82) is 0 Å². The van der Waals surface area contributed by atoms with Gasteiger partial charge in [-0.05, 0) is 55.2 Å². The number of anilines is 1. The molecule has 4 aromatic rings. The molecular formula is C28H33N7O2. The van der Waals surface area contributed by atoms with Crippen LogP contribution in [0.15, 0.2) is 60.9 Å². The topological polar surface area (TPSA) is 125 Å². The van der Waals surface area contributed by atoms with E-state index in [4.69, 9.17) is 21.3 Å². The van der Waals surface area contributed by atoms with E-state index in [1.165, 1.54) is 6.33 Å². The van der Waals surface area contributed by atoms with E-state index in [-0.39, 0.29) is 17.9 Å². The van der Waals surface area contributed by atoms with Gasteiger partial charge in [-0.25, -0.2) is 14.6 Å². The highest BCUT2D eigenvalue weighted by Crippen LogP contribution is 2.35. The van der Waals surface area contributed by atoms with Crippen LogP contribution in [0.2, 0.25) is 0 Å². The molecule has 1 aliphatic rings. The standard InChI is InChI=1S/C28H33N7O2/c1-3-18(2)24(29)28(36)34-15-7-8-20(16-34)35-27-23(26(30)31-17-32-27)25(33-35)19-11-13-22(14-12-19)37-21-9-5-4-6-10-21/h4-6,9-14,17-18,20,24H,3,7-8,15-16,29H2,1-2H3,(H2,30,31,32)/t18-,20?,24-/m1/s1. The van der Waals surface area contributed by atoms with Gasteiger partial charge in [-0.15, -0.1) is 0 Å². The molecule has 2 aromatic carbocycles. The van der Waals surface area contributed by atoms with E-state index in [1.54, 1.807) is 0 Å². The van der Waals surface area contributed by atoms with E-state index < -0.39 is 6.04 Å². The molecule has 0 aliphatic carbocycles. The van der Waals surface area contributed by atoms with Crippen molar-refractivity contribution in [3.63, 3.8) is 0 Å². The van der Waals surface area contributed by atoms with Gasteiger partial charge in [-0.1, -0.05) is 38.5 Å². The number of hydrogen-bond acceptors (Lipinski definition) is 7. The molecule has 2 aromatic heterocycles. The van der Waals surface area contributed by atoms with Gasteiger partial charge < -0.3 is 21.1 Å². The van der Waals surface area contributed by atoms with E-state index in [1.807, 2.05) is 71.1 Å². The van der Waals surface area contributed by atoms with E-state index in [0.29, 0.717) is 35.6 Å². The molecule has 0 bridgehead atoms. The molecule has 5 rings (SSSR count). The smallest absolute Gasteiger partial charge is 0.239 e. The van der Waals surface area contributed by atoms with Crippen molar-refractivity contribution in [1.82, 2.24) is 24.6 Å². The van der Waals surface area contributed by atoms with Crippen molar-refractivity contribution in [2.45, 2.75) is 45.2 Å². The lowest BCUT2D eigenvalue weighted by Gasteiger charge is -2.35. The minimum Gasteiger partial charge on any atom is -0.457 e. The van der Waals surface area contributed by atoms with Gasteiger partial charge in [0.15, 0.2) is 5.65 Å². The zero-order valence-electron chi connectivity index (χ0n) is 21.2. The van der Waals surface area contributed by atoms with Gasteiger partial charge in [0.05, 0.1) is 17.5 Å². The Morgan fingerprint density at radius 3 is 2.57 bits per heavy atom. The number of nitrogens with zero attached hydrogens (tertiary/aromatic N) is 5. The van der Waals surface area contributed by atoms with Crippen LogP contribution in [-0.2, 0) is 4.79 Å². The number of aromatic nitrogens is 4. The lowest BCUT2D eigenvalue weighted by Crippen LogP contribution is -2.50. The zero-order valence-corrected chi connectivity index (χ0v) is 21.2. The molecule has 0 spiro atoms. The fourth-order valence-electron chi connectivity index (χ4n) is 4.82. The monoisotopic (exact) mass is 499 g/mol. The molecule has 4 N–H and O–H groups in total. The Balaban J connectivity index is 1.44. The van der Waals surface area contributed by atoms with Crippen molar-refractivity contribution in [2.75, 3.05) is 18.8 Å². The summed E-state index contributed by atoms with van der Waals surface area (Å²) in [5.74, 6) is 2.00. The van der Waals surface area contributed by atoms with E-state index in [2.05, 4.69) is 16.9 Å². The number of ether oxygens (including phenoxy) is 1. The molecule has 1 aliphatic heterocycles. The highest BCUT2D eigenvalue weighted by Gasteiger charge is 2.32. The Hall–Kier alpha value is -3.98. The maximum Gasteiger partial charge on any atom is 0.239 e. The Bertz CT molecular complexity index is 1370. The number of benzene rings is 2. The van der Waals surface area contributed by atoms with Crippen LogP contribution in [0, 0.1) is 5.92 Å². The van der Waals surface area contributed by atoms with Gasteiger partial charge in [0.2, 0.25) is 5.91 Å². The van der Waals surface area contributed by atoms with Crippen LogP contribution < -0.4 is 16.2 Å². The average Bonchev–Trinajstić information content (AvgIpc) is 3.34. The third-order valence-corrected chi connectivity index (χ3v) is 7.22. The van der Waals surface area contributed by atoms with Crippen LogP contribution in [0.5, 0.6) is 11.5 Å². The highest BCUT2D eigenvalue weighted by atomic mass is 16.5. The van der Waals surface area contributed by atoms with Crippen molar-refractivity contribution in [3.05, 3.63) is 60.9 Å². The summed E-state index contributed by atoms with van der Waals surface area (Å²) in [5, 5.41) is 5.68. The molecule has 37 heavy (non-hydrogen) atoms. The Kier molecular flexibility index (Phi) is 7.05. The number of piperidine rings is 1. The molecule has 1 saturated heterocycles. The summed E-state index contributed by atoms with van der Waals surface area (Å²) < 4.78 is 7.84. The second kappa shape index (κ2) is 10.6. The number of fused-ring (bicyclic) bond motifs is 1. The lowest BCUT2D eigenvalue weighted by molar-refractivity contribution is -0.135. The summed E-state index contributed by atoms with van der Waals surface area (Å²) in [6, 6.07) is 16.8. The minimum absolute atomic E-state index is 0.00104. The Labute approximate surface area is 216 Å². The Morgan fingerprint density at radius 1 is 1.11 bits per heavy atom. The van der Waals surface area contributed by atoms with Crippen LogP contribution in [0.3, 0.4) is 0 Å². The van der Waals surface area contributed by atoms with Gasteiger partial charge in [0, 0.05) is 18.7 Å². The fourth-order valence-corrected chi connectivity index (χ4v) is 4.82. The third kappa shape index (κ3) is 4.99. The number of likely N-dealkylation sites (tertiary alicyclic amines) is 1. The fraction of sp³-hybridized carbons (Fsp3) is 0.357. The molecule has 1 fully saturated rings. The second-order valence-corrected chi connectivity index (χ2v) is 9.68. The number of nitrogen functional groups attached to an aromatic ring is 1. The average molecular weight is 500 g/mol. The summed E-state index contributed by atoms with van der Waals surface area (Å²) in [6.45, 7) is 5.31. The first-order valence-electron chi connectivity index (χ1n) is 12.8. The van der Waals surface area contributed by atoms with Crippen LogP contribution in [0.4, 0.5) is 5.82 Å². The van der Waals surface area contributed by atoms with Crippen LogP contribution in [0.25, 0.3) is 22.3 Å². The molecular weight excluding hydrogens is 466 g/mol. The van der Waals surface area contributed by atoms with Gasteiger partial charge in [-0.2, -0.15) is 5.10 Å². The second-order valence-electron chi connectivity index (χ2n) is 9.68. The van der Waals surface area contributed by atoms with Crippen molar-refractivity contribution < 1.29 is 9.53 Å². The van der Waals surface area contributed by atoms with Crippen molar-refractivity contribution >= 4 is 22.8 Å². The minimum atomic E-state index is -0.497. The van der Waals surface area contributed by atoms with E-state index >= 15 is 0 Å². The Morgan fingerprint density at radius 2 is 1.84 bits per heavy atom. The summed E-state index contributed by atoms with van der Waals surface area (Å²) in [6.07, 6.45) is 4.07. The number of amides is 1. The predicted octanol–water partition coefficient (Wildman–Crippen LogP) is 4.40. The molecule has 9 heteroatoms. The molecule has 9 nitrogen and oxygen atoms in total. The number of para-hydroxylation sites is 1. The van der Waals surface area contributed by atoms with Crippen molar-refractivity contribution in [3.8, 4) is 22.8 Å². The van der Waals surface area contributed by atoms with Gasteiger partial charge in [0.25, 0.3) is 0 Å². The number of carbonyl (C=O) groups is 1. The van der Waals surface area contributed by atoms with Crippen LogP contribution >= 0.6 is 0 Å². The van der Waals surface area contributed by atoms with Gasteiger partial charge in [-0.3, -0.25) is 4.79 Å². The van der Waals surface area contributed by atoms with Crippen molar-refractivity contribution in [2.24, 2.45) is 11.7 Å². The molecule has 192 valence electrons. The molecule has 1 unspecified atom stereocenters. The predicted molar refractivity (Wildman–Crippen MR) is 144 cm³/mol. The number of carbonyl (C=O) groups excluding carboxylic acids is 1. The molecule has 1 amide bonds. The maximum absolute atomic E-state index is 13.1. The van der Waals surface area contributed by atoms with Gasteiger partial charge in [0.1, 0.15) is 29.3 Å². The van der Waals surface area contributed by atoms with E-state index in [0.717, 1.165) is 36.3 Å². The first-order chi connectivity index (χ1) is 18.0. The summed E-state index contributed by atoms with van der Waals surface area (Å²) in [4.78, 5) is 23.7. The van der Waals surface area contributed by atoms with Crippen LogP contribution in [-0.4, -0.2) is 49.7 Å². The molecule has 3 heterocycles. The summed E-state index contributed by atoms with van der Waals surface area (Å²) in [7, 11) is 0. The zero-order chi connectivity index (χ0) is 25.9. The first kappa shape index (κ1) is 24.7. The normalized spacial score (nSPS) is 17.5. The molecule has 3 atom stereocenters. The lowest BCUT2D eigenvalue weighted by atomic mass is 9.97. The number of rotatable bonds is 7. The summed E-state index contributed by atoms with van der Waals surface area (Å²) >= 11 is 0. The third-order valence-electron chi connectivity index (χ3n) is 7.22. The summed E-state index contributed by atoms with van der Waals surface area (Å²) in [5.41, 5.74) is 14.9. The maximum atomic E-state index is 13.1. The van der Waals surface area contributed by atoms with Crippen LogP contribution in [0.1, 0.15) is 39.2 Å². The number of hydrogen-bond donors (Lipinski definition) is 2. The first-order valence-corrected chi connectivity index (χ1v) is 12.8. The highest BCUT2D eigenvalue weighted by molar-refractivity contribution is 5.98. The molecule has 0 saturated carbocycles. The number of nitrogens with two attached hydrogens (primary N) is 2. The van der Waals surface area contributed by atoms with E-state index in [9.17, 15) is 4.79 Å².